The van der Waals surface area contributed by atoms with Gasteiger partial charge in [-0.2, -0.15) is 11.8 Å². The fourth-order valence-corrected chi connectivity index (χ4v) is 2.59. The molecule has 0 aromatic heterocycles. The Kier molecular flexibility index (Phi) is 5.35. The third-order valence-electron chi connectivity index (χ3n) is 2.73. The highest BCUT2D eigenvalue weighted by molar-refractivity contribution is 7.97. The molecular weight excluding hydrogens is 313 g/mol. The Morgan fingerprint density at radius 3 is 2.50 bits per heavy atom. The van der Waals surface area contributed by atoms with Crippen molar-refractivity contribution in [3.63, 3.8) is 0 Å². The van der Waals surface area contributed by atoms with E-state index in [2.05, 4.69) is 5.32 Å². The number of anilines is 1. The van der Waals surface area contributed by atoms with Crippen molar-refractivity contribution < 1.29 is 4.79 Å². The molecule has 0 fully saturated rings. The SMILES string of the molecule is CSCc1ccc(C(=O)Nc2cccc(Cl)c2Cl)cc1. The molecule has 2 nitrogen and oxygen atoms in total. The molecule has 0 spiro atoms. The van der Waals surface area contributed by atoms with Gasteiger partial charge in [0.15, 0.2) is 0 Å². The van der Waals surface area contributed by atoms with E-state index in [1.54, 1.807) is 42.1 Å². The summed E-state index contributed by atoms with van der Waals surface area (Å²) >= 11 is 13.7. The molecule has 0 aliphatic heterocycles. The van der Waals surface area contributed by atoms with Gasteiger partial charge in [0.05, 0.1) is 15.7 Å². The topological polar surface area (TPSA) is 29.1 Å². The number of nitrogens with one attached hydrogen (secondary N) is 1. The van der Waals surface area contributed by atoms with Crippen molar-refractivity contribution in [2.75, 3.05) is 11.6 Å². The lowest BCUT2D eigenvalue weighted by Gasteiger charge is -2.08. The Bertz CT molecular complexity index is 614. The average Bonchev–Trinajstić information content (AvgIpc) is 2.45. The van der Waals surface area contributed by atoms with E-state index in [1.807, 2.05) is 18.4 Å². The molecule has 0 heterocycles. The Morgan fingerprint density at radius 2 is 1.85 bits per heavy atom. The molecule has 2 rings (SSSR count). The summed E-state index contributed by atoms with van der Waals surface area (Å²) in [6.45, 7) is 0. The number of carbonyl (C=O) groups excluding carboxylic acids is 1. The van der Waals surface area contributed by atoms with Crippen molar-refractivity contribution in [3.05, 3.63) is 63.6 Å². The highest BCUT2D eigenvalue weighted by Crippen LogP contribution is 2.29. The summed E-state index contributed by atoms with van der Waals surface area (Å²) < 4.78 is 0. The minimum absolute atomic E-state index is 0.204. The molecule has 0 radical (unpaired) electrons. The van der Waals surface area contributed by atoms with Gasteiger partial charge in [-0.15, -0.1) is 0 Å². The van der Waals surface area contributed by atoms with Crippen molar-refractivity contribution in [1.29, 1.82) is 0 Å². The number of rotatable bonds is 4. The smallest absolute Gasteiger partial charge is 0.255 e. The van der Waals surface area contributed by atoms with Crippen molar-refractivity contribution in [2.24, 2.45) is 0 Å². The van der Waals surface area contributed by atoms with Crippen LogP contribution in [-0.4, -0.2) is 12.2 Å². The molecule has 1 amide bonds. The van der Waals surface area contributed by atoms with Crippen LogP contribution in [-0.2, 0) is 5.75 Å². The number of benzene rings is 2. The summed E-state index contributed by atoms with van der Waals surface area (Å²) in [6, 6.07) is 12.6. The van der Waals surface area contributed by atoms with E-state index < -0.39 is 0 Å². The minimum atomic E-state index is -0.204. The monoisotopic (exact) mass is 325 g/mol. The van der Waals surface area contributed by atoms with Crippen LogP contribution < -0.4 is 5.32 Å². The predicted molar refractivity (Wildman–Crippen MR) is 88.1 cm³/mol. The molecule has 0 unspecified atom stereocenters. The molecule has 0 saturated heterocycles. The lowest BCUT2D eigenvalue weighted by molar-refractivity contribution is 0.102. The van der Waals surface area contributed by atoms with Crippen LogP contribution in [0.3, 0.4) is 0 Å². The van der Waals surface area contributed by atoms with Gasteiger partial charge in [0.25, 0.3) is 5.91 Å². The number of carbonyl (C=O) groups is 1. The molecule has 20 heavy (non-hydrogen) atoms. The second-order valence-electron chi connectivity index (χ2n) is 4.19. The number of thioether (sulfide) groups is 1. The molecule has 0 aliphatic rings. The van der Waals surface area contributed by atoms with E-state index in [0.717, 1.165) is 5.75 Å². The summed E-state index contributed by atoms with van der Waals surface area (Å²) in [4.78, 5) is 12.1. The van der Waals surface area contributed by atoms with Crippen molar-refractivity contribution in [3.8, 4) is 0 Å². The van der Waals surface area contributed by atoms with Gasteiger partial charge in [0.1, 0.15) is 0 Å². The molecule has 2 aromatic rings. The lowest BCUT2D eigenvalue weighted by atomic mass is 10.1. The van der Waals surface area contributed by atoms with Gasteiger partial charge >= 0.3 is 0 Å². The highest BCUT2D eigenvalue weighted by atomic mass is 35.5. The van der Waals surface area contributed by atoms with Crippen molar-refractivity contribution in [1.82, 2.24) is 0 Å². The van der Waals surface area contributed by atoms with E-state index >= 15 is 0 Å². The first-order chi connectivity index (χ1) is 9.61. The van der Waals surface area contributed by atoms with E-state index in [1.165, 1.54) is 5.56 Å². The quantitative estimate of drug-likeness (QED) is 0.846. The zero-order chi connectivity index (χ0) is 14.5. The highest BCUT2D eigenvalue weighted by Gasteiger charge is 2.10. The van der Waals surface area contributed by atoms with E-state index in [9.17, 15) is 4.79 Å². The zero-order valence-corrected chi connectivity index (χ0v) is 13.1. The first kappa shape index (κ1) is 15.2. The Morgan fingerprint density at radius 1 is 1.15 bits per heavy atom. The Balaban J connectivity index is 2.13. The van der Waals surface area contributed by atoms with Crippen LogP contribution >= 0.6 is 35.0 Å². The van der Waals surface area contributed by atoms with Gasteiger partial charge < -0.3 is 5.32 Å². The largest absolute Gasteiger partial charge is 0.321 e. The van der Waals surface area contributed by atoms with Gasteiger partial charge in [-0.1, -0.05) is 41.4 Å². The van der Waals surface area contributed by atoms with E-state index in [0.29, 0.717) is 21.3 Å². The van der Waals surface area contributed by atoms with Gasteiger partial charge in [-0.3, -0.25) is 4.79 Å². The van der Waals surface area contributed by atoms with Crippen molar-refractivity contribution >= 4 is 46.6 Å². The third-order valence-corrected chi connectivity index (χ3v) is 4.17. The predicted octanol–water partition coefficient (Wildman–Crippen LogP) is 5.11. The molecule has 2 aromatic carbocycles. The molecular formula is C15H13Cl2NOS. The number of amides is 1. The Hall–Kier alpha value is -1.16. The second-order valence-corrected chi connectivity index (χ2v) is 5.84. The normalized spacial score (nSPS) is 10.3. The van der Waals surface area contributed by atoms with E-state index in [4.69, 9.17) is 23.2 Å². The van der Waals surface area contributed by atoms with Gasteiger partial charge in [-0.05, 0) is 36.1 Å². The maximum atomic E-state index is 12.1. The van der Waals surface area contributed by atoms with Gasteiger partial charge in [0, 0.05) is 11.3 Å². The van der Waals surface area contributed by atoms with E-state index in [-0.39, 0.29) is 5.91 Å². The van der Waals surface area contributed by atoms with Crippen LogP contribution in [0.5, 0.6) is 0 Å². The number of hydrogen-bond donors (Lipinski definition) is 1. The number of hydrogen-bond acceptors (Lipinski definition) is 2. The van der Waals surface area contributed by atoms with Crippen molar-refractivity contribution in [2.45, 2.75) is 5.75 Å². The fourth-order valence-electron chi connectivity index (χ4n) is 1.71. The molecule has 0 saturated carbocycles. The molecule has 0 aliphatic carbocycles. The molecule has 0 bridgehead atoms. The first-order valence-corrected chi connectivity index (χ1v) is 8.10. The minimum Gasteiger partial charge on any atom is -0.321 e. The average molecular weight is 326 g/mol. The van der Waals surface area contributed by atoms with Crippen LogP contribution in [0.1, 0.15) is 15.9 Å². The summed E-state index contributed by atoms with van der Waals surface area (Å²) in [5, 5.41) is 3.52. The van der Waals surface area contributed by atoms with Crippen LogP contribution in [0.25, 0.3) is 0 Å². The maximum absolute atomic E-state index is 12.1. The third kappa shape index (κ3) is 3.69. The number of halogens is 2. The second kappa shape index (κ2) is 7.02. The summed E-state index contributed by atoms with van der Waals surface area (Å²) in [6.07, 6.45) is 2.04. The van der Waals surface area contributed by atoms with Crippen LogP contribution in [0.4, 0.5) is 5.69 Å². The molecule has 5 heteroatoms. The molecule has 104 valence electrons. The van der Waals surface area contributed by atoms with Crippen LogP contribution in [0, 0.1) is 0 Å². The van der Waals surface area contributed by atoms with Crippen LogP contribution in [0.15, 0.2) is 42.5 Å². The fraction of sp³-hybridized carbons (Fsp3) is 0.133. The lowest BCUT2D eigenvalue weighted by Crippen LogP contribution is -2.12. The van der Waals surface area contributed by atoms with Crippen LogP contribution in [0.2, 0.25) is 10.0 Å². The van der Waals surface area contributed by atoms with Gasteiger partial charge in [-0.25, -0.2) is 0 Å². The molecule has 1 N–H and O–H groups in total. The zero-order valence-electron chi connectivity index (χ0n) is 10.8. The first-order valence-electron chi connectivity index (χ1n) is 5.95. The molecule has 0 atom stereocenters. The maximum Gasteiger partial charge on any atom is 0.255 e. The van der Waals surface area contributed by atoms with Gasteiger partial charge in [0.2, 0.25) is 0 Å². The summed E-state index contributed by atoms with van der Waals surface area (Å²) in [5.41, 5.74) is 2.29. The summed E-state index contributed by atoms with van der Waals surface area (Å²) in [5.74, 6) is 0.729. The Labute approximate surface area is 132 Å². The standard InChI is InChI=1S/C15H13Cl2NOS/c1-20-9-10-5-7-11(8-6-10)15(19)18-13-4-2-3-12(16)14(13)17/h2-8H,9H2,1H3,(H,18,19). The summed E-state index contributed by atoms with van der Waals surface area (Å²) in [7, 11) is 0.